The molecule has 2 unspecified atom stereocenters. The lowest BCUT2D eigenvalue weighted by Gasteiger charge is -2.28. The highest BCUT2D eigenvalue weighted by atomic mass is 32.1. The third-order valence-corrected chi connectivity index (χ3v) is 4.37. The molecule has 0 bridgehead atoms. The van der Waals surface area contributed by atoms with E-state index in [4.69, 9.17) is 5.11 Å². The van der Waals surface area contributed by atoms with Gasteiger partial charge in [-0.15, -0.1) is 11.3 Å². The predicted octanol–water partition coefficient (Wildman–Crippen LogP) is 3.08. The van der Waals surface area contributed by atoms with Gasteiger partial charge in [-0.2, -0.15) is 0 Å². The second-order valence-electron chi connectivity index (χ2n) is 4.74. The van der Waals surface area contributed by atoms with Gasteiger partial charge in [0.05, 0.1) is 5.51 Å². The molecule has 0 spiro atoms. The highest BCUT2D eigenvalue weighted by molar-refractivity contribution is 7.14. The number of carboxylic acids is 1. The number of aromatic nitrogens is 1. The zero-order valence-corrected chi connectivity index (χ0v) is 10.8. The number of nitrogens with one attached hydrogen (secondary N) is 1. The Balaban J connectivity index is 1.92. The lowest BCUT2D eigenvalue weighted by Crippen LogP contribution is -2.24. The normalized spacial score (nSPS) is 24.5. The molecule has 0 aromatic carbocycles. The third kappa shape index (κ3) is 2.97. The van der Waals surface area contributed by atoms with E-state index in [1.54, 1.807) is 5.51 Å². The van der Waals surface area contributed by atoms with Crippen LogP contribution in [0.1, 0.15) is 43.1 Å². The van der Waals surface area contributed by atoms with Crippen LogP contribution in [-0.4, -0.2) is 22.6 Å². The van der Waals surface area contributed by atoms with E-state index in [2.05, 4.69) is 17.2 Å². The summed E-state index contributed by atoms with van der Waals surface area (Å²) >= 11 is 1.36. The molecule has 1 aromatic heterocycles. The molecule has 1 saturated carbocycles. The van der Waals surface area contributed by atoms with E-state index in [1.165, 1.54) is 37.0 Å². The largest absolute Gasteiger partial charge is 0.476 e. The Kier molecular flexibility index (Phi) is 3.99. The van der Waals surface area contributed by atoms with E-state index in [1.807, 2.05) is 0 Å². The number of hydrogen-bond donors (Lipinski definition) is 2. The average molecular weight is 254 g/mol. The number of nitrogens with zero attached hydrogens (tertiary/aromatic N) is 1. The molecule has 0 aliphatic heterocycles. The van der Waals surface area contributed by atoms with E-state index < -0.39 is 5.97 Å². The van der Waals surface area contributed by atoms with Crippen molar-refractivity contribution in [2.75, 3.05) is 11.9 Å². The molecule has 1 fully saturated rings. The Hall–Kier alpha value is -1.10. The van der Waals surface area contributed by atoms with Crippen molar-refractivity contribution in [1.82, 2.24) is 4.98 Å². The molecule has 1 aliphatic rings. The van der Waals surface area contributed by atoms with Gasteiger partial charge in [0.2, 0.25) is 0 Å². The zero-order chi connectivity index (χ0) is 12.3. The van der Waals surface area contributed by atoms with Crippen LogP contribution in [0.25, 0.3) is 0 Å². The topological polar surface area (TPSA) is 62.2 Å². The fourth-order valence-corrected chi connectivity index (χ4v) is 3.13. The molecule has 1 aromatic rings. The Labute approximate surface area is 105 Å². The second kappa shape index (κ2) is 5.49. The summed E-state index contributed by atoms with van der Waals surface area (Å²) in [5.74, 6) is 0.440. The monoisotopic (exact) mass is 254 g/mol. The van der Waals surface area contributed by atoms with Crippen molar-refractivity contribution >= 4 is 22.3 Å². The molecular formula is C12H18N2O2S. The van der Waals surface area contributed by atoms with Crippen LogP contribution in [0.15, 0.2) is 5.51 Å². The molecule has 17 heavy (non-hydrogen) atoms. The summed E-state index contributed by atoms with van der Waals surface area (Å²) in [6.45, 7) is 3.15. The summed E-state index contributed by atoms with van der Waals surface area (Å²) in [7, 11) is 0. The fourth-order valence-electron chi connectivity index (χ4n) is 2.44. The molecule has 1 heterocycles. The fraction of sp³-hybridized carbons (Fsp3) is 0.667. The predicted molar refractivity (Wildman–Crippen MR) is 68.7 cm³/mol. The maximum atomic E-state index is 10.9. The lowest BCUT2D eigenvalue weighted by atomic mass is 9.80. The first-order valence-corrected chi connectivity index (χ1v) is 6.97. The van der Waals surface area contributed by atoms with Crippen LogP contribution in [0.5, 0.6) is 0 Å². The van der Waals surface area contributed by atoms with Gasteiger partial charge < -0.3 is 10.4 Å². The highest BCUT2D eigenvalue weighted by Crippen LogP contribution is 2.30. The SMILES string of the molecule is CC1CCCCC1CNc1scnc1C(=O)O. The van der Waals surface area contributed by atoms with E-state index in [-0.39, 0.29) is 5.69 Å². The second-order valence-corrected chi connectivity index (χ2v) is 5.59. The summed E-state index contributed by atoms with van der Waals surface area (Å²) in [4.78, 5) is 14.8. The maximum Gasteiger partial charge on any atom is 0.357 e. The van der Waals surface area contributed by atoms with Crippen LogP contribution < -0.4 is 5.32 Å². The van der Waals surface area contributed by atoms with Crippen molar-refractivity contribution in [3.63, 3.8) is 0 Å². The number of anilines is 1. The number of aromatic carboxylic acids is 1. The molecule has 94 valence electrons. The molecule has 2 atom stereocenters. The van der Waals surface area contributed by atoms with Crippen LogP contribution in [-0.2, 0) is 0 Å². The number of hydrogen-bond acceptors (Lipinski definition) is 4. The molecule has 5 heteroatoms. The Morgan fingerprint density at radius 3 is 3.06 bits per heavy atom. The van der Waals surface area contributed by atoms with Crippen molar-refractivity contribution in [2.24, 2.45) is 11.8 Å². The van der Waals surface area contributed by atoms with Crippen molar-refractivity contribution in [1.29, 1.82) is 0 Å². The summed E-state index contributed by atoms with van der Waals surface area (Å²) in [5, 5.41) is 12.9. The van der Waals surface area contributed by atoms with Gasteiger partial charge in [-0.25, -0.2) is 9.78 Å². The first-order chi connectivity index (χ1) is 8.18. The molecule has 2 N–H and O–H groups in total. The molecule has 0 amide bonds. The van der Waals surface area contributed by atoms with Gasteiger partial charge in [-0.05, 0) is 18.3 Å². The van der Waals surface area contributed by atoms with Crippen molar-refractivity contribution < 1.29 is 9.90 Å². The van der Waals surface area contributed by atoms with Crippen LogP contribution in [0.3, 0.4) is 0 Å². The van der Waals surface area contributed by atoms with E-state index in [0.717, 1.165) is 12.5 Å². The highest BCUT2D eigenvalue weighted by Gasteiger charge is 2.22. The van der Waals surface area contributed by atoms with Gasteiger partial charge in [-0.1, -0.05) is 26.2 Å². The summed E-state index contributed by atoms with van der Waals surface area (Å²) in [6.07, 6.45) is 5.17. The standard InChI is InChI=1S/C12H18N2O2S/c1-8-4-2-3-5-9(8)6-13-11-10(12(15)16)14-7-17-11/h7-9,13H,2-6H2,1H3,(H,15,16). The number of carbonyl (C=O) groups is 1. The molecule has 1 aliphatic carbocycles. The van der Waals surface area contributed by atoms with Crippen LogP contribution in [0.4, 0.5) is 5.00 Å². The molecule has 0 saturated heterocycles. The maximum absolute atomic E-state index is 10.9. The minimum atomic E-state index is -0.953. The first kappa shape index (κ1) is 12.4. The minimum Gasteiger partial charge on any atom is -0.476 e. The van der Waals surface area contributed by atoms with Crippen LogP contribution >= 0.6 is 11.3 Å². The summed E-state index contributed by atoms with van der Waals surface area (Å²) in [5.41, 5.74) is 1.73. The van der Waals surface area contributed by atoms with Crippen molar-refractivity contribution in [3.05, 3.63) is 11.2 Å². The third-order valence-electron chi connectivity index (χ3n) is 3.58. The van der Waals surface area contributed by atoms with Gasteiger partial charge in [0.1, 0.15) is 5.00 Å². The molecule has 0 radical (unpaired) electrons. The average Bonchev–Trinajstić information content (AvgIpc) is 2.76. The van der Waals surface area contributed by atoms with E-state index in [9.17, 15) is 4.79 Å². The first-order valence-electron chi connectivity index (χ1n) is 6.09. The van der Waals surface area contributed by atoms with Gasteiger partial charge >= 0.3 is 5.97 Å². The molecule has 2 rings (SSSR count). The summed E-state index contributed by atoms with van der Waals surface area (Å²) in [6, 6.07) is 0. The van der Waals surface area contributed by atoms with Crippen LogP contribution in [0, 0.1) is 11.8 Å². The number of rotatable bonds is 4. The number of thiazole rings is 1. The Morgan fingerprint density at radius 2 is 2.35 bits per heavy atom. The van der Waals surface area contributed by atoms with Gasteiger partial charge in [0, 0.05) is 6.54 Å². The van der Waals surface area contributed by atoms with Gasteiger partial charge in [0.15, 0.2) is 5.69 Å². The quantitative estimate of drug-likeness (QED) is 0.866. The zero-order valence-electron chi connectivity index (χ0n) is 9.98. The van der Waals surface area contributed by atoms with Crippen LogP contribution in [0.2, 0.25) is 0 Å². The number of carboxylic acid groups (broad SMARTS) is 1. The van der Waals surface area contributed by atoms with Gasteiger partial charge in [0.25, 0.3) is 0 Å². The Bertz CT molecular complexity index is 392. The minimum absolute atomic E-state index is 0.151. The van der Waals surface area contributed by atoms with Gasteiger partial charge in [-0.3, -0.25) is 0 Å². The van der Waals surface area contributed by atoms with Crippen molar-refractivity contribution in [3.8, 4) is 0 Å². The smallest absolute Gasteiger partial charge is 0.357 e. The van der Waals surface area contributed by atoms with E-state index >= 15 is 0 Å². The van der Waals surface area contributed by atoms with E-state index in [0.29, 0.717) is 10.9 Å². The molecular weight excluding hydrogens is 236 g/mol. The van der Waals surface area contributed by atoms with Crippen molar-refractivity contribution in [2.45, 2.75) is 32.6 Å². The summed E-state index contributed by atoms with van der Waals surface area (Å²) < 4.78 is 0. The lowest BCUT2D eigenvalue weighted by molar-refractivity contribution is 0.0692. The molecule has 4 nitrogen and oxygen atoms in total. The Morgan fingerprint density at radius 1 is 1.59 bits per heavy atom.